The molecule has 0 aliphatic rings. The minimum Gasteiger partial charge on any atom is -0.320 e. The molecular weight excluding hydrogens is 184 g/mol. The predicted octanol–water partition coefficient (Wildman–Crippen LogP) is 2.06. The van der Waals surface area contributed by atoms with E-state index in [0.29, 0.717) is 5.92 Å². The zero-order valence-electron chi connectivity index (χ0n) is 10.2. The Morgan fingerprint density at radius 3 is 2.13 bits per heavy atom. The Morgan fingerprint density at radius 1 is 1.20 bits per heavy atom. The average Bonchev–Trinajstić information content (AvgIpc) is 2.17. The van der Waals surface area contributed by atoms with Crippen LogP contribution in [0.25, 0.3) is 0 Å². The second-order valence-electron chi connectivity index (χ2n) is 4.80. The van der Waals surface area contributed by atoms with E-state index in [2.05, 4.69) is 57.1 Å². The molecule has 1 aromatic rings. The summed E-state index contributed by atoms with van der Waals surface area (Å²) in [6, 6.07) is 10.4. The molecule has 0 spiro atoms. The maximum Gasteiger partial charge on any atom is 0.0561 e. The number of nitrogens with two attached hydrogens (primary N) is 1. The van der Waals surface area contributed by atoms with Gasteiger partial charge < -0.3 is 10.6 Å². The van der Waals surface area contributed by atoms with E-state index in [1.54, 1.807) is 0 Å². The second kappa shape index (κ2) is 4.77. The van der Waals surface area contributed by atoms with Crippen molar-refractivity contribution in [2.24, 2.45) is 11.7 Å². The molecule has 0 radical (unpaired) electrons. The fourth-order valence-electron chi connectivity index (χ4n) is 1.88. The van der Waals surface area contributed by atoms with Gasteiger partial charge in [-0.15, -0.1) is 0 Å². The molecule has 0 saturated heterocycles. The number of benzene rings is 1. The van der Waals surface area contributed by atoms with Gasteiger partial charge in [0.1, 0.15) is 0 Å². The van der Waals surface area contributed by atoms with Gasteiger partial charge in [-0.1, -0.05) is 44.2 Å². The highest BCUT2D eigenvalue weighted by atomic mass is 15.1. The predicted molar refractivity (Wildman–Crippen MR) is 65.7 cm³/mol. The van der Waals surface area contributed by atoms with Crippen molar-refractivity contribution in [1.29, 1.82) is 0 Å². The Balaban J connectivity index is 3.02. The van der Waals surface area contributed by atoms with Gasteiger partial charge in [0, 0.05) is 6.54 Å². The second-order valence-corrected chi connectivity index (χ2v) is 4.80. The molecule has 1 rings (SSSR count). The highest BCUT2D eigenvalue weighted by Gasteiger charge is 2.31. The molecule has 0 amide bonds. The number of hydrogen-bond donors (Lipinski definition) is 1. The third kappa shape index (κ3) is 2.80. The van der Waals surface area contributed by atoms with Crippen LogP contribution in [0.3, 0.4) is 0 Å². The molecule has 1 unspecified atom stereocenters. The number of likely N-dealkylation sites (N-methyl/N-ethyl adjacent to an activating group) is 1. The van der Waals surface area contributed by atoms with Gasteiger partial charge in [0.05, 0.1) is 5.54 Å². The summed E-state index contributed by atoms with van der Waals surface area (Å²) in [5.74, 6) is 0.419. The topological polar surface area (TPSA) is 29.3 Å². The summed E-state index contributed by atoms with van der Waals surface area (Å²) in [5.41, 5.74) is 7.48. The van der Waals surface area contributed by atoms with Crippen LogP contribution in [0.2, 0.25) is 0 Å². The summed E-state index contributed by atoms with van der Waals surface area (Å²) in [6.45, 7) is 5.22. The number of nitrogens with zero attached hydrogens (tertiary/aromatic N) is 1. The summed E-state index contributed by atoms with van der Waals surface area (Å²) in [5, 5.41) is 0. The Labute approximate surface area is 93.1 Å². The van der Waals surface area contributed by atoms with Crippen LogP contribution < -0.4 is 5.73 Å². The summed E-state index contributed by atoms with van der Waals surface area (Å²) in [6.07, 6.45) is 0. The van der Waals surface area contributed by atoms with E-state index in [1.165, 1.54) is 5.56 Å². The first-order chi connectivity index (χ1) is 6.97. The third-order valence-corrected chi connectivity index (χ3v) is 2.92. The van der Waals surface area contributed by atoms with Gasteiger partial charge in [0.25, 0.3) is 0 Å². The molecule has 0 aliphatic heterocycles. The fraction of sp³-hybridized carbons (Fsp3) is 0.538. The summed E-state index contributed by atoms with van der Waals surface area (Å²) in [4.78, 5) is 2.15. The highest BCUT2D eigenvalue weighted by Crippen LogP contribution is 2.27. The first-order valence-corrected chi connectivity index (χ1v) is 5.46. The van der Waals surface area contributed by atoms with Crippen molar-refractivity contribution < 1.29 is 0 Å². The lowest BCUT2D eigenvalue weighted by Gasteiger charge is -2.36. The largest absolute Gasteiger partial charge is 0.320 e. The van der Waals surface area contributed by atoms with Crippen molar-refractivity contribution in [3.05, 3.63) is 35.9 Å². The molecule has 1 atom stereocenters. The van der Waals surface area contributed by atoms with Crippen LogP contribution in [0.4, 0.5) is 0 Å². The fourth-order valence-corrected chi connectivity index (χ4v) is 1.88. The van der Waals surface area contributed by atoms with Crippen molar-refractivity contribution in [2.45, 2.75) is 19.4 Å². The molecule has 1 aromatic carbocycles. The van der Waals surface area contributed by atoms with Crippen LogP contribution in [0.1, 0.15) is 19.4 Å². The summed E-state index contributed by atoms with van der Waals surface area (Å²) >= 11 is 0. The van der Waals surface area contributed by atoms with Crippen molar-refractivity contribution in [3.8, 4) is 0 Å². The van der Waals surface area contributed by atoms with Crippen molar-refractivity contribution in [2.75, 3.05) is 20.6 Å². The van der Waals surface area contributed by atoms with Gasteiger partial charge in [0.15, 0.2) is 0 Å². The average molecular weight is 206 g/mol. The molecule has 0 aliphatic carbocycles. The van der Waals surface area contributed by atoms with Gasteiger partial charge >= 0.3 is 0 Å². The zero-order valence-corrected chi connectivity index (χ0v) is 10.2. The molecular formula is C13H22N2. The van der Waals surface area contributed by atoms with E-state index in [1.807, 2.05) is 6.07 Å². The maximum atomic E-state index is 6.52. The maximum absolute atomic E-state index is 6.52. The van der Waals surface area contributed by atoms with Gasteiger partial charge in [-0.25, -0.2) is 0 Å². The SMILES string of the molecule is CC(C)C(N)(CN(C)C)c1ccccc1. The van der Waals surface area contributed by atoms with E-state index >= 15 is 0 Å². The van der Waals surface area contributed by atoms with Crippen molar-refractivity contribution >= 4 is 0 Å². The Morgan fingerprint density at radius 2 is 1.73 bits per heavy atom. The molecule has 0 saturated carbocycles. The van der Waals surface area contributed by atoms with Crippen LogP contribution in [0.15, 0.2) is 30.3 Å². The van der Waals surface area contributed by atoms with Crippen LogP contribution in [0.5, 0.6) is 0 Å². The van der Waals surface area contributed by atoms with Crippen LogP contribution in [-0.4, -0.2) is 25.5 Å². The van der Waals surface area contributed by atoms with E-state index in [9.17, 15) is 0 Å². The van der Waals surface area contributed by atoms with Crippen LogP contribution >= 0.6 is 0 Å². The molecule has 0 bridgehead atoms. The van der Waals surface area contributed by atoms with Crippen LogP contribution in [0, 0.1) is 5.92 Å². The molecule has 84 valence electrons. The normalized spacial score (nSPS) is 15.7. The first kappa shape index (κ1) is 12.2. The molecule has 2 N–H and O–H groups in total. The van der Waals surface area contributed by atoms with E-state index < -0.39 is 0 Å². The molecule has 0 fully saturated rings. The molecule has 0 heterocycles. The van der Waals surface area contributed by atoms with Crippen molar-refractivity contribution in [1.82, 2.24) is 4.90 Å². The number of rotatable bonds is 4. The van der Waals surface area contributed by atoms with E-state index in [4.69, 9.17) is 5.73 Å². The van der Waals surface area contributed by atoms with E-state index in [-0.39, 0.29) is 5.54 Å². The van der Waals surface area contributed by atoms with Gasteiger partial charge in [-0.3, -0.25) is 0 Å². The third-order valence-electron chi connectivity index (χ3n) is 2.92. The minimum absolute atomic E-state index is 0.259. The lowest BCUT2D eigenvalue weighted by molar-refractivity contribution is 0.224. The zero-order chi connectivity index (χ0) is 11.5. The molecule has 2 heteroatoms. The Hall–Kier alpha value is -0.860. The molecule has 0 aromatic heterocycles. The summed E-state index contributed by atoms with van der Waals surface area (Å²) < 4.78 is 0. The van der Waals surface area contributed by atoms with E-state index in [0.717, 1.165) is 6.54 Å². The van der Waals surface area contributed by atoms with Crippen LogP contribution in [-0.2, 0) is 5.54 Å². The lowest BCUT2D eigenvalue weighted by Crippen LogP contribution is -2.49. The highest BCUT2D eigenvalue weighted by molar-refractivity contribution is 5.25. The lowest BCUT2D eigenvalue weighted by atomic mass is 9.80. The molecule has 15 heavy (non-hydrogen) atoms. The molecule has 2 nitrogen and oxygen atoms in total. The number of hydrogen-bond acceptors (Lipinski definition) is 2. The monoisotopic (exact) mass is 206 g/mol. The van der Waals surface area contributed by atoms with Crippen molar-refractivity contribution in [3.63, 3.8) is 0 Å². The first-order valence-electron chi connectivity index (χ1n) is 5.46. The standard InChI is InChI=1S/C13H22N2/c1-11(2)13(14,10-15(3)4)12-8-6-5-7-9-12/h5-9,11H,10,14H2,1-4H3. The summed E-state index contributed by atoms with van der Waals surface area (Å²) in [7, 11) is 4.12. The van der Waals surface area contributed by atoms with Gasteiger partial charge in [-0.2, -0.15) is 0 Å². The smallest absolute Gasteiger partial charge is 0.0561 e. The Bertz CT molecular complexity index is 293. The minimum atomic E-state index is -0.259. The Kier molecular flexibility index (Phi) is 3.89. The van der Waals surface area contributed by atoms with Gasteiger partial charge in [0.2, 0.25) is 0 Å². The quantitative estimate of drug-likeness (QED) is 0.817. The van der Waals surface area contributed by atoms with Gasteiger partial charge in [-0.05, 0) is 25.6 Å².